The quantitative estimate of drug-likeness (QED) is 0.390. The van der Waals surface area contributed by atoms with Crippen LogP contribution in [-0.2, 0) is 0 Å². The van der Waals surface area contributed by atoms with Crippen molar-refractivity contribution in [2.24, 2.45) is 0 Å². The first kappa shape index (κ1) is 20.1. The fourth-order valence-corrected chi connectivity index (χ4v) is 3.57. The van der Waals surface area contributed by atoms with E-state index in [0.717, 1.165) is 11.1 Å². The number of anilines is 2. The van der Waals surface area contributed by atoms with E-state index in [4.69, 9.17) is 16.6 Å². The van der Waals surface area contributed by atoms with Crippen molar-refractivity contribution in [3.8, 4) is 39.5 Å². The zero-order valence-corrected chi connectivity index (χ0v) is 17.1. The molecule has 0 saturated heterocycles. The molecule has 0 atom stereocenters. The van der Waals surface area contributed by atoms with Crippen molar-refractivity contribution in [1.29, 1.82) is 0 Å². The number of nitrogens with one attached hydrogen (secondary N) is 1. The number of hydrogen-bond acceptors (Lipinski definition) is 7. The second-order valence-corrected chi connectivity index (χ2v) is 7.21. The molecule has 5 rings (SSSR count). The average Bonchev–Trinajstić information content (AvgIpc) is 3.22. The number of H-pyrrole nitrogens is 1. The molecule has 9 nitrogen and oxygen atoms in total. The van der Waals surface area contributed by atoms with E-state index in [-0.39, 0.29) is 11.5 Å². The number of nitrogens with zero attached hydrogens (tertiary/aromatic N) is 5. The van der Waals surface area contributed by atoms with Crippen LogP contribution in [0, 0.1) is 5.82 Å². The normalized spacial score (nSPS) is 10.9. The average molecular weight is 440 g/mol. The third-order valence-electron chi connectivity index (χ3n) is 5.06. The summed E-state index contributed by atoms with van der Waals surface area (Å²) < 4.78 is 15.2. The van der Waals surface area contributed by atoms with Crippen molar-refractivity contribution in [2.45, 2.75) is 0 Å². The summed E-state index contributed by atoms with van der Waals surface area (Å²) in [5, 5.41) is 11.3. The Morgan fingerprint density at radius 3 is 2.30 bits per heavy atom. The summed E-state index contributed by atoms with van der Waals surface area (Å²) in [7, 11) is 0. The molecule has 162 valence electrons. The van der Waals surface area contributed by atoms with Crippen LogP contribution in [0.2, 0.25) is 0 Å². The first-order chi connectivity index (χ1) is 16.0. The smallest absolute Gasteiger partial charge is 0.287 e. The molecular formula is C23H17FN8O. The number of aromatic amines is 1. The van der Waals surface area contributed by atoms with Crippen LogP contribution in [0.4, 0.5) is 15.9 Å². The van der Waals surface area contributed by atoms with E-state index in [0.29, 0.717) is 34.2 Å². The van der Waals surface area contributed by atoms with E-state index in [2.05, 4.69) is 20.2 Å². The predicted octanol–water partition coefficient (Wildman–Crippen LogP) is 3.05. The minimum Gasteiger partial charge on any atom is -0.394 e. The van der Waals surface area contributed by atoms with Gasteiger partial charge in [-0.2, -0.15) is 10.2 Å². The standard InChI is InChI=1S/C23H17FN8O/c24-16-3-1-13(2-4-16)21-20(15-7-10-28-18(26)11-15)22(14-5-8-27-9-6-14)32(31-21)19-12-17(25)23(33)30-29-19/h1-12H,(H2,25,29)(H2,26,28)(H,30,33). The van der Waals surface area contributed by atoms with Crippen LogP contribution in [0.3, 0.4) is 0 Å². The minimum absolute atomic E-state index is 0.00536. The highest BCUT2D eigenvalue weighted by Gasteiger charge is 2.24. The number of halogens is 1. The summed E-state index contributed by atoms with van der Waals surface area (Å²) in [6, 6.07) is 14.6. The zero-order valence-electron chi connectivity index (χ0n) is 17.1. The summed E-state index contributed by atoms with van der Waals surface area (Å²) in [6.45, 7) is 0. The predicted molar refractivity (Wildman–Crippen MR) is 123 cm³/mol. The summed E-state index contributed by atoms with van der Waals surface area (Å²) in [5.74, 6) is 0.269. The van der Waals surface area contributed by atoms with Crippen LogP contribution in [0.25, 0.3) is 39.5 Å². The number of nitrogen functional groups attached to an aromatic ring is 2. The third-order valence-corrected chi connectivity index (χ3v) is 5.06. The fourth-order valence-electron chi connectivity index (χ4n) is 3.57. The SMILES string of the molecule is Nc1cc(-c2c(-c3ccc(F)cc3)nn(-c3cc(N)c(=O)[nH]n3)c2-c2ccncc2)ccn1. The molecule has 0 amide bonds. The van der Waals surface area contributed by atoms with E-state index < -0.39 is 5.56 Å². The molecule has 10 heteroatoms. The molecule has 0 aliphatic rings. The highest BCUT2D eigenvalue weighted by atomic mass is 19.1. The highest BCUT2D eigenvalue weighted by molar-refractivity contribution is 5.92. The molecule has 5 N–H and O–H groups in total. The number of benzene rings is 1. The van der Waals surface area contributed by atoms with E-state index in [9.17, 15) is 9.18 Å². The maximum atomic E-state index is 13.7. The molecule has 0 fully saturated rings. The maximum Gasteiger partial charge on any atom is 0.287 e. The molecule has 0 aliphatic heterocycles. The van der Waals surface area contributed by atoms with Crippen LogP contribution < -0.4 is 17.0 Å². The number of aromatic nitrogens is 6. The third kappa shape index (κ3) is 3.69. The van der Waals surface area contributed by atoms with Crippen LogP contribution in [-0.4, -0.2) is 29.9 Å². The molecule has 0 aliphatic carbocycles. The molecule has 0 saturated carbocycles. The summed E-state index contributed by atoms with van der Waals surface area (Å²) in [5.41, 5.74) is 15.4. The van der Waals surface area contributed by atoms with Gasteiger partial charge in [-0.15, -0.1) is 0 Å². The lowest BCUT2D eigenvalue weighted by atomic mass is 9.96. The molecule has 0 spiro atoms. The van der Waals surface area contributed by atoms with Gasteiger partial charge in [0.1, 0.15) is 23.0 Å². The van der Waals surface area contributed by atoms with Gasteiger partial charge in [0.2, 0.25) is 0 Å². The van der Waals surface area contributed by atoms with Gasteiger partial charge in [-0.05, 0) is 54.1 Å². The van der Waals surface area contributed by atoms with Crippen LogP contribution in [0.15, 0.2) is 78.0 Å². The van der Waals surface area contributed by atoms with Gasteiger partial charge in [0.05, 0.1) is 5.69 Å². The van der Waals surface area contributed by atoms with Crippen LogP contribution in [0.5, 0.6) is 0 Å². The number of pyridine rings is 2. The van der Waals surface area contributed by atoms with Crippen molar-refractivity contribution in [2.75, 3.05) is 11.5 Å². The number of nitrogens with two attached hydrogens (primary N) is 2. The van der Waals surface area contributed by atoms with Crippen LogP contribution >= 0.6 is 0 Å². The molecule has 4 heterocycles. The Bertz CT molecular complexity index is 1510. The minimum atomic E-state index is -0.503. The first-order valence-electron chi connectivity index (χ1n) is 9.88. The van der Waals surface area contributed by atoms with Gasteiger partial charge in [-0.3, -0.25) is 9.78 Å². The lowest BCUT2D eigenvalue weighted by molar-refractivity contribution is 0.628. The molecule has 0 unspecified atom stereocenters. The van der Waals surface area contributed by atoms with Gasteiger partial charge in [-0.25, -0.2) is 19.2 Å². The van der Waals surface area contributed by atoms with Gasteiger partial charge >= 0.3 is 0 Å². The molecule has 0 bridgehead atoms. The molecule has 1 aromatic carbocycles. The lowest BCUT2D eigenvalue weighted by Gasteiger charge is -2.10. The summed E-state index contributed by atoms with van der Waals surface area (Å²) in [6.07, 6.45) is 4.91. The van der Waals surface area contributed by atoms with Gasteiger partial charge < -0.3 is 11.5 Å². The monoisotopic (exact) mass is 440 g/mol. The fraction of sp³-hybridized carbons (Fsp3) is 0. The summed E-state index contributed by atoms with van der Waals surface area (Å²) in [4.78, 5) is 20.0. The number of rotatable bonds is 4. The Labute approximate surface area is 186 Å². The van der Waals surface area contributed by atoms with Crippen molar-refractivity contribution in [1.82, 2.24) is 29.9 Å². The molecular weight excluding hydrogens is 423 g/mol. The summed E-state index contributed by atoms with van der Waals surface area (Å²) >= 11 is 0. The van der Waals surface area contributed by atoms with Crippen molar-refractivity contribution in [3.63, 3.8) is 0 Å². The Kier molecular flexibility index (Phi) is 4.87. The zero-order chi connectivity index (χ0) is 22.9. The molecule has 33 heavy (non-hydrogen) atoms. The highest BCUT2D eigenvalue weighted by Crippen LogP contribution is 2.41. The van der Waals surface area contributed by atoms with Crippen molar-refractivity contribution < 1.29 is 4.39 Å². The van der Waals surface area contributed by atoms with Gasteiger partial charge in [0.25, 0.3) is 5.56 Å². The van der Waals surface area contributed by atoms with E-state index in [1.165, 1.54) is 18.2 Å². The Balaban J connectivity index is 1.90. The Hall–Kier alpha value is -4.86. The first-order valence-corrected chi connectivity index (χ1v) is 9.88. The lowest BCUT2D eigenvalue weighted by Crippen LogP contribution is -2.16. The van der Waals surface area contributed by atoms with Crippen molar-refractivity contribution in [3.05, 3.63) is 89.4 Å². The molecule has 5 aromatic rings. The van der Waals surface area contributed by atoms with Gasteiger partial charge in [0, 0.05) is 41.3 Å². The molecule has 0 radical (unpaired) electrons. The van der Waals surface area contributed by atoms with Crippen LogP contribution in [0.1, 0.15) is 0 Å². The second kappa shape index (κ2) is 8.00. The number of hydrogen-bond donors (Lipinski definition) is 3. The van der Waals surface area contributed by atoms with E-state index in [1.54, 1.807) is 41.5 Å². The van der Waals surface area contributed by atoms with E-state index >= 15 is 0 Å². The maximum absolute atomic E-state index is 13.7. The van der Waals surface area contributed by atoms with Gasteiger partial charge in [0.15, 0.2) is 5.82 Å². The Morgan fingerprint density at radius 1 is 0.879 bits per heavy atom. The van der Waals surface area contributed by atoms with Gasteiger partial charge in [-0.1, -0.05) is 0 Å². The Morgan fingerprint density at radius 2 is 1.61 bits per heavy atom. The molecule has 4 aromatic heterocycles. The largest absolute Gasteiger partial charge is 0.394 e. The second-order valence-electron chi connectivity index (χ2n) is 7.21. The van der Waals surface area contributed by atoms with E-state index in [1.807, 2.05) is 18.2 Å². The van der Waals surface area contributed by atoms with Crippen molar-refractivity contribution >= 4 is 11.5 Å². The topological polar surface area (TPSA) is 141 Å².